The number of aromatic nitrogens is 1. The van der Waals surface area contributed by atoms with Crippen molar-refractivity contribution in [1.29, 1.82) is 0 Å². The van der Waals surface area contributed by atoms with Crippen LogP contribution in [0.3, 0.4) is 0 Å². The summed E-state index contributed by atoms with van der Waals surface area (Å²) in [7, 11) is 0. The van der Waals surface area contributed by atoms with Crippen LogP contribution in [0.4, 0.5) is 5.82 Å². The van der Waals surface area contributed by atoms with Gasteiger partial charge in [0.25, 0.3) is 17.4 Å². The van der Waals surface area contributed by atoms with Crippen molar-refractivity contribution < 1.29 is 9.59 Å². The summed E-state index contributed by atoms with van der Waals surface area (Å²) in [6, 6.07) is 6.50. The average molecular weight is 348 g/mol. The normalized spacial score (nSPS) is 13.2. The molecule has 6 nitrogen and oxygen atoms in total. The molecule has 0 fully saturated rings. The van der Waals surface area contributed by atoms with Crippen molar-refractivity contribution in [1.82, 2.24) is 9.88 Å². The smallest absolute Gasteiger partial charge is 0.262 e. The van der Waals surface area contributed by atoms with Crippen LogP contribution in [0.15, 0.2) is 33.5 Å². The molecule has 0 radical (unpaired) electrons. The fourth-order valence-electron chi connectivity index (χ4n) is 2.32. The number of imide groups is 1. The molecule has 1 aromatic carbocycles. The van der Waals surface area contributed by atoms with E-state index in [4.69, 9.17) is 5.73 Å². The van der Waals surface area contributed by atoms with Gasteiger partial charge in [-0.25, -0.2) is 0 Å². The van der Waals surface area contributed by atoms with E-state index in [1.807, 2.05) is 19.1 Å². The first-order chi connectivity index (χ1) is 9.90. The lowest BCUT2D eigenvalue weighted by Crippen LogP contribution is -2.24. The molecule has 0 spiro atoms. The first-order valence-electron chi connectivity index (χ1n) is 6.08. The number of nitrogen functional groups attached to an aromatic ring is 1. The summed E-state index contributed by atoms with van der Waals surface area (Å²) in [5.41, 5.74) is 7.05. The third-order valence-electron chi connectivity index (χ3n) is 3.30. The van der Waals surface area contributed by atoms with Crippen molar-refractivity contribution in [2.45, 2.75) is 6.92 Å². The Kier molecular flexibility index (Phi) is 2.94. The number of amides is 2. The highest BCUT2D eigenvalue weighted by Gasteiger charge is 2.32. The third kappa shape index (κ3) is 1.97. The van der Waals surface area contributed by atoms with Crippen molar-refractivity contribution in [2.24, 2.45) is 0 Å². The van der Waals surface area contributed by atoms with Crippen molar-refractivity contribution in [2.75, 3.05) is 5.73 Å². The number of pyridine rings is 1. The van der Waals surface area contributed by atoms with E-state index < -0.39 is 17.4 Å². The van der Waals surface area contributed by atoms with E-state index in [1.54, 1.807) is 6.07 Å². The van der Waals surface area contributed by atoms with Crippen LogP contribution in [0.2, 0.25) is 0 Å². The molecule has 1 aromatic heterocycles. The van der Waals surface area contributed by atoms with Gasteiger partial charge in [0.05, 0.1) is 16.8 Å². The number of hydrogen-bond donors (Lipinski definition) is 2. The Hall–Kier alpha value is -2.41. The number of benzene rings is 1. The molecule has 2 heterocycles. The van der Waals surface area contributed by atoms with Crippen LogP contribution in [0.1, 0.15) is 26.3 Å². The quantitative estimate of drug-likeness (QED) is 0.762. The highest BCUT2D eigenvalue weighted by atomic mass is 79.9. The van der Waals surface area contributed by atoms with Gasteiger partial charge >= 0.3 is 0 Å². The van der Waals surface area contributed by atoms with Gasteiger partial charge < -0.3 is 5.73 Å². The Labute approximate surface area is 127 Å². The molecule has 106 valence electrons. The third-order valence-corrected chi connectivity index (χ3v) is 3.93. The lowest BCUT2D eigenvalue weighted by molar-refractivity contribution is 0.0880. The molecule has 0 saturated heterocycles. The number of nitrogens with zero attached hydrogens (tertiary/aromatic N) is 1. The number of carbonyl (C=O) groups excluding carboxylic acids is 2. The van der Waals surface area contributed by atoms with Gasteiger partial charge in [-0.15, -0.1) is 0 Å². The molecule has 7 heteroatoms. The van der Waals surface area contributed by atoms with Gasteiger partial charge in [0.2, 0.25) is 0 Å². The van der Waals surface area contributed by atoms with Crippen molar-refractivity contribution in [3.8, 4) is 5.69 Å². The predicted molar refractivity (Wildman–Crippen MR) is 80.7 cm³/mol. The number of anilines is 1. The number of aryl methyl sites for hydroxylation is 1. The van der Waals surface area contributed by atoms with E-state index in [2.05, 4.69) is 21.2 Å². The zero-order valence-corrected chi connectivity index (χ0v) is 12.5. The fraction of sp³-hybridized carbons (Fsp3) is 0.0714. The topological polar surface area (TPSA) is 94.2 Å². The Bertz CT molecular complexity index is 870. The van der Waals surface area contributed by atoms with Crippen LogP contribution in [-0.2, 0) is 0 Å². The minimum Gasteiger partial charge on any atom is -0.384 e. The van der Waals surface area contributed by atoms with Crippen LogP contribution < -0.4 is 16.6 Å². The van der Waals surface area contributed by atoms with Crippen LogP contribution in [0, 0.1) is 6.92 Å². The van der Waals surface area contributed by atoms with Crippen molar-refractivity contribution >= 4 is 33.6 Å². The monoisotopic (exact) mass is 347 g/mol. The number of halogens is 1. The minimum absolute atomic E-state index is 0.0157. The first-order valence-corrected chi connectivity index (χ1v) is 6.87. The van der Waals surface area contributed by atoms with Crippen molar-refractivity contribution in [3.05, 3.63) is 55.8 Å². The SMILES string of the molecule is Cc1ccc(-n2c(N)c3c(cc2=O)C(=O)NC3=O)c(Br)c1. The fourth-order valence-corrected chi connectivity index (χ4v) is 2.99. The van der Waals surface area contributed by atoms with Gasteiger partial charge in [0.1, 0.15) is 5.82 Å². The molecule has 0 bridgehead atoms. The van der Waals surface area contributed by atoms with Gasteiger partial charge in [-0.1, -0.05) is 6.07 Å². The predicted octanol–water partition coefficient (Wildman–Crippen LogP) is 1.37. The van der Waals surface area contributed by atoms with Crippen LogP contribution in [-0.4, -0.2) is 16.4 Å². The molecule has 2 aromatic rings. The minimum atomic E-state index is -0.603. The van der Waals surface area contributed by atoms with Crippen LogP contribution >= 0.6 is 15.9 Å². The lowest BCUT2D eigenvalue weighted by atomic mass is 10.1. The number of fused-ring (bicyclic) bond motifs is 1. The summed E-state index contributed by atoms with van der Waals surface area (Å²) in [6.07, 6.45) is 0. The molecule has 1 aliphatic rings. The second-order valence-electron chi connectivity index (χ2n) is 4.73. The second-order valence-corrected chi connectivity index (χ2v) is 5.58. The van der Waals surface area contributed by atoms with Gasteiger partial charge in [-0.2, -0.15) is 0 Å². The summed E-state index contributed by atoms with van der Waals surface area (Å²) in [4.78, 5) is 35.6. The number of hydrogen-bond acceptors (Lipinski definition) is 4. The second kappa shape index (κ2) is 4.56. The zero-order valence-electron chi connectivity index (χ0n) is 10.9. The summed E-state index contributed by atoms with van der Waals surface area (Å²) >= 11 is 3.38. The molecular weight excluding hydrogens is 338 g/mol. The lowest BCUT2D eigenvalue weighted by Gasteiger charge is -2.13. The summed E-state index contributed by atoms with van der Waals surface area (Å²) in [5, 5.41) is 2.13. The zero-order chi connectivity index (χ0) is 15.3. The highest BCUT2D eigenvalue weighted by molar-refractivity contribution is 9.10. The van der Waals surface area contributed by atoms with E-state index in [9.17, 15) is 14.4 Å². The molecule has 0 unspecified atom stereocenters. The number of carbonyl (C=O) groups is 2. The number of rotatable bonds is 1. The summed E-state index contributed by atoms with van der Waals surface area (Å²) in [5.74, 6) is -1.25. The molecule has 0 saturated carbocycles. The van der Waals surface area contributed by atoms with Gasteiger partial charge in [0.15, 0.2) is 0 Å². The summed E-state index contributed by atoms with van der Waals surface area (Å²) < 4.78 is 1.88. The summed E-state index contributed by atoms with van der Waals surface area (Å²) in [6.45, 7) is 1.91. The standard InChI is InChI=1S/C14H10BrN3O3/c1-6-2-3-9(8(15)4-6)18-10(19)5-7-11(12(18)16)14(21)17-13(7)20/h2-5H,16H2,1H3,(H,17,20,21). The van der Waals surface area contributed by atoms with E-state index >= 15 is 0 Å². The molecular formula is C14H10BrN3O3. The molecule has 3 rings (SSSR count). The van der Waals surface area contributed by atoms with Crippen LogP contribution in [0.25, 0.3) is 5.69 Å². The van der Waals surface area contributed by atoms with E-state index in [0.717, 1.165) is 11.6 Å². The number of nitrogens with two attached hydrogens (primary N) is 1. The van der Waals surface area contributed by atoms with Gasteiger partial charge in [-0.05, 0) is 40.5 Å². The largest absolute Gasteiger partial charge is 0.384 e. The maximum absolute atomic E-state index is 12.3. The Morgan fingerprint density at radius 3 is 2.52 bits per heavy atom. The Balaban J connectivity index is 2.35. The highest BCUT2D eigenvalue weighted by Crippen LogP contribution is 2.27. The Morgan fingerprint density at radius 2 is 1.86 bits per heavy atom. The van der Waals surface area contributed by atoms with E-state index in [1.165, 1.54) is 4.57 Å². The average Bonchev–Trinajstić information content (AvgIpc) is 2.67. The maximum atomic E-state index is 12.3. The molecule has 3 N–H and O–H groups in total. The Morgan fingerprint density at radius 1 is 1.14 bits per heavy atom. The molecule has 1 aliphatic heterocycles. The van der Waals surface area contributed by atoms with Crippen molar-refractivity contribution in [3.63, 3.8) is 0 Å². The van der Waals surface area contributed by atoms with E-state index in [0.29, 0.717) is 10.2 Å². The molecule has 2 amide bonds. The molecule has 21 heavy (non-hydrogen) atoms. The first kappa shape index (κ1) is 13.6. The van der Waals surface area contributed by atoms with Crippen LogP contribution in [0.5, 0.6) is 0 Å². The molecule has 0 aliphatic carbocycles. The van der Waals surface area contributed by atoms with Gasteiger partial charge in [0, 0.05) is 10.5 Å². The number of nitrogens with one attached hydrogen (secondary N) is 1. The van der Waals surface area contributed by atoms with Gasteiger partial charge in [-0.3, -0.25) is 24.3 Å². The van der Waals surface area contributed by atoms with E-state index in [-0.39, 0.29) is 16.9 Å². The molecule has 0 atom stereocenters. The maximum Gasteiger partial charge on any atom is 0.262 e.